The number of nitrogens with two attached hydrogens (primary N) is 2. The van der Waals surface area contributed by atoms with Crippen molar-refractivity contribution in [1.29, 1.82) is 0 Å². The Morgan fingerprint density at radius 3 is 2.63 bits per heavy atom. The molecule has 0 bridgehead atoms. The Balaban J connectivity index is 2.02. The summed E-state index contributed by atoms with van der Waals surface area (Å²) in [5.41, 5.74) is 6.84. The van der Waals surface area contributed by atoms with E-state index >= 15 is 0 Å². The van der Waals surface area contributed by atoms with E-state index in [0.717, 1.165) is 25.8 Å². The molecular formula is C12H19N3O3S. The summed E-state index contributed by atoms with van der Waals surface area (Å²) in [6.45, 7) is 0.718. The van der Waals surface area contributed by atoms with Crippen LogP contribution in [0.15, 0.2) is 23.1 Å². The Labute approximate surface area is 112 Å². The van der Waals surface area contributed by atoms with E-state index in [0.29, 0.717) is 17.3 Å². The van der Waals surface area contributed by atoms with E-state index in [2.05, 4.69) is 5.32 Å². The summed E-state index contributed by atoms with van der Waals surface area (Å²) in [7, 11) is -3.72. The first-order valence-electron chi connectivity index (χ1n) is 6.20. The average molecular weight is 285 g/mol. The van der Waals surface area contributed by atoms with Crippen LogP contribution < -0.4 is 16.2 Å². The van der Waals surface area contributed by atoms with Gasteiger partial charge < -0.3 is 16.2 Å². The number of anilines is 2. The van der Waals surface area contributed by atoms with Crippen LogP contribution in [0.25, 0.3) is 0 Å². The third-order valence-electron chi connectivity index (χ3n) is 3.45. The predicted octanol–water partition coefficient (Wildman–Crippen LogP) is 0.489. The molecule has 7 heteroatoms. The molecule has 1 aromatic rings. The molecule has 0 spiro atoms. The minimum absolute atomic E-state index is 0.00633. The van der Waals surface area contributed by atoms with Crippen molar-refractivity contribution in [2.75, 3.05) is 17.6 Å². The molecule has 1 saturated carbocycles. The van der Waals surface area contributed by atoms with Crippen LogP contribution in [0.3, 0.4) is 0 Å². The second-order valence-electron chi connectivity index (χ2n) is 5.01. The number of aliphatic hydroxyl groups excluding tert-OH is 1. The zero-order valence-electron chi connectivity index (χ0n) is 10.5. The lowest BCUT2D eigenvalue weighted by molar-refractivity contribution is 0.178. The van der Waals surface area contributed by atoms with Crippen LogP contribution in [0.1, 0.15) is 19.3 Å². The van der Waals surface area contributed by atoms with Gasteiger partial charge in [-0.05, 0) is 43.4 Å². The maximum atomic E-state index is 11.2. The summed E-state index contributed by atoms with van der Waals surface area (Å²) in [5, 5.41) is 17.7. The molecule has 1 fully saturated rings. The minimum atomic E-state index is -3.72. The number of hydrogen-bond acceptors (Lipinski definition) is 5. The molecule has 106 valence electrons. The van der Waals surface area contributed by atoms with Gasteiger partial charge in [0.15, 0.2) is 0 Å². The fraction of sp³-hybridized carbons (Fsp3) is 0.500. The number of aliphatic hydroxyl groups is 1. The molecule has 0 aromatic heterocycles. The summed E-state index contributed by atoms with van der Waals surface area (Å²) in [4.78, 5) is 0.00633. The van der Waals surface area contributed by atoms with Gasteiger partial charge in [0.2, 0.25) is 10.0 Å². The van der Waals surface area contributed by atoms with Gasteiger partial charge in [0.25, 0.3) is 0 Å². The van der Waals surface area contributed by atoms with Crippen molar-refractivity contribution in [3.8, 4) is 0 Å². The van der Waals surface area contributed by atoms with Gasteiger partial charge in [-0.15, -0.1) is 0 Å². The van der Waals surface area contributed by atoms with E-state index in [1.54, 1.807) is 6.07 Å². The Hall–Kier alpha value is -1.31. The monoisotopic (exact) mass is 285 g/mol. The molecule has 0 aliphatic heterocycles. The second-order valence-corrected chi connectivity index (χ2v) is 6.57. The summed E-state index contributed by atoms with van der Waals surface area (Å²) in [5.74, 6) is 0.423. The molecule has 0 amide bonds. The molecule has 1 aliphatic carbocycles. The van der Waals surface area contributed by atoms with Gasteiger partial charge in [0.1, 0.15) is 0 Å². The molecule has 2 unspecified atom stereocenters. The minimum Gasteiger partial charge on any atom is -0.397 e. The van der Waals surface area contributed by atoms with Crippen molar-refractivity contribution in [3.63, 3.8) is 0 Å². The number of nitrogens with one attached hydrogen (secondary N) is 1. The van der Waals surface area contributed by atoms with Crippen molar-refractivity contribution in [2.24, 2.45) is 11.1 Å². The molecule has 6 N–H and O–H groups in total. The number of hydrogen-bond donors (Lipinski definition) is 4. The van der Waals surface area contributed by atoms with Gasteiger partial charge >= 0.3 is 0 Å². The highest BCUT2D eigenvalue weighted by Gasteiger charge is 2.22. The number of nitrogen functional groups attached to an aromatic ring is 1. The van der Waals surface area contributed by atoms with Crippen molar-refractivity contribution in [3.05, 3.63) is 18.2 Å². The van der Waals surface area contributed by atoms with E-state index in [9.17, 15) is 13.5 Å². The molecule has 6 nitrogen and oxygen atoms in total. The first-order chi connectivity index (χ1) is 8.86. The largest absolute Gasteiger partial charge is 0.397 e. The topological polar surface area (TPSA) is 118 Å². The van der Waals surface area contributed by atoms with Crippen molar-refractivity contribution in [2.45, 2.75) is 30.3 Å². The van der Waals surface area contributed by atoms with Crippen LogP contribution in [0.2, 0.25) is 0 Å². The lowest BCUT2D eigenvalue weighted by atomic mass is 10.1. The van der Waals surface area contributed by atoms with Gasteiger partial charge in [-0.1, -0.05) is 0 Å². The molecule has 0 radical (unpaired) electrons. The summed E-state index contributed by atoms with van der Waals surface area (Å²) < 4.78 is 22.3. The SMILES string of the molecule is Nc1cc(S(N)(=O)=O)ccc1NCC1CCC(O)C1. The first kappa shape index (κ1) is 14.1. The zero-order chi connectivity index (χ0) is 14.0. The smallest absolute Gasteiger partial charge is 0.238 e. The quantitative estimate of drug-likeness (QED) is 0.600. The second kappa shape index (κ2) is 5.36. The van der Waals surface area contributed by atoms with Crippen LogP contribution in [0, 0.1) is 5.92 Å². The molecule has 2 rings (SSSR count). The van der Waals surface area contributed by atoms with Crippen molar-refractivity contribution in [1.82, 2.24) is 0 Å². The fourth-order valence-corrected chi connectivity index (χ4v) is 2.92. The number of primary sulfonamides is 1. The van der Waals surface area contributed by atoms with Gasteiger partial charge in [-0.2, -0.15) is 0 Å². The summed E-state index contributed by atoms with van der Waals surface area (Å²) >= 11 is 0. The predicted molar refractivity (Wildman–Crippen MR) is 74.1 cm³/mol. The van der Waals surface area contributed by atoms with Crippen LogP contribution in [-0.2, 0) is 10.0 Å². The standard InChI is InChI=1S/C12H19N3O3S/c13-11-6-10(19(14,17)18)3-4-12(11)15-7-8-1-2-9(16)5-8/h3-4,6,8-9,15-16H,1-2,5,7,13H2,(H2,14,17,18). The maximum Gasteiger partial charge on any atom is 0.238 e. The normalized spacial score (nSPS) is 23.5. The molecule has 1 aliphatic rings. The molecule has 2 atom stereocenters. The molecular weight excluding hydrogens is 266 g/mol. The molecule has 0 heterocycles. The molecule has 19 heavy (non-hydrogen) atoms. The summed E-state index contributed by atoms with van der Waals surface area (Å²) in [6, 6.07) is 4.39. The van der Waals surface area contributed by atoms with Crippen molar-refractivity contribution >= 4 is 21.4 Å². The maximum absolute atomic E-state index is 11.2. The third-order valence-corrected chi connectivity index (χ3v) is 4.36. The van der Waals surface area contributed by atoms with Crippen LogP contribution in [0.4, 0.5) is 11.4 Å². The highest BCUT2D eigenvalue weighted by molar-refractivity contribution is 7.89. The Morgan fingerprint density at radius 1 is 1.37 bits per heavy atom. The van der Waals surface area contributed by atoms with E-state index in [1.807, 2.05) is 0 Å². The Morgan fingerprint density at radius 2 is 2.11 bits per heavy atom. The molecule has 0 saturated heterocycles. The van der Waals surface area contributed by atoms with E-state index in [4.69, 9.17) is 10.9 Å². The summed E-state index contributed by atoms with van der Waals surface area (Å²) in [6.07, 6.45) is 2.42. The zero-order valence-corrected chi connectivity index (χ0v) is 11.4. The van der Waals surface area contributed by atoms with Gasteiger partial charge in [-0.3, -0.25) is 0 Å². The van der Waals surface area contributed by atoms with Gasteiger partial charge in [0, 0.05) is 6.54 Å². The Bertz CT molecular complexity index is 559. The number of benzene rings is 1. The number of rotatable bonds is 4. The first-order valence-corrected chi connectivity index (χ1v) is 7.75. The van der Waals surface area contributed by atoms with Crippen LogP contribution in [-0.4, -0.2) is 26.2 Å². The van der Waals surface area contributed by atoms with Crippen LogP contribution >= 0.6 is 0 Å². The van der Waals surface area contributed by atoms with Gasteiger partial charge in [-0.25, -0.2) is 13.6 Å². The third kappa shape index (κ3) is 3.59. The Kier molecular flexibility index (Phi) is 3.98. The highest BCUT2D eigenvalue weighted by atomic mass is 32.2. The van der Waals surface area contributed by atoms with E-state index < -0.39 is 10.0 Å². The van der Waals surface area contributed by atoms with Crippen LogP contribution in [0.5, 0.6) is 0 Å². The van der Waals surface area contributed by atoms with E-state index in [1.165, 1.54) is 12.1 Å². The number of sulfonamides is 1. The average Bonchev–Trinajstić information content (AvgIpc) is 2.72. The van der Waals surface area contributed by atoms with E-state index in [-0.39, 0.29) is 11.0 Å². The lowest BCUT2D eigenvalue weighted by Gasteiger charge is -2.14. The van der Waals surface area contributed by atoms with Crippen molar-refractivity contribution < 1.29 is 13.5 Å². The highest BCUT2D eigenvalue weighted by Crippen LogP contribution is 2.27. The fourth-order valence-electron chi connectivity index (χ4n) is 2.37. The van der Waals surface area contributed by atoms with Gasteiger partial charge in [0.05, 0.1) is 22.4 Å². The molecule has 1 aromatic carbocycles. The lowest BCUT2D eigenvalue weighted by Crippen LogP contribution is -2.15.